The molecule has 2 aromatic carbocycles. The fourth-order valence-corrected chi connectivity index (χ4v) is 2.81. The lowest BCUT2D eigenvalue weighted by molar-refractivity contribution is -0.385. The molecule has 8 heteroatoms. The van der Waals surface area contributed by atoms with E-state index in [0.717, 1.165) is 5.56 Å². The van der Waals surface area contributed by atoms with Gasteiger partial charge in [-0.05, 0) is 44.5 Å². The summed E-state index contributed by atoms with van der Waals surface area (Å²) in [6.07, 6.45) is 0. The number of nitrogens with zero attached hydrogens (tertiary/aromatic N) is 3. The third kappa shape index (κ3) is 3.85. The van der Waals surface area contributed by atoms with Crippen molar-refractivity contribution in [1.29, 1.82) is 0 Å². The molecule has 1 heterocycles. The Morgan fingerprint density at radius 2 is 1.96 bits per heavy atom. The van der Waals surface area contributed by atoms with Gasteiger partial charge in [0.2, 0.25) is 11.6 Å². The van der Waals surface area contributed by atoms with Gasteiger partial charge < -0.3 is 10.1 Å². The predicted octanol–water partition coefficient (Wildman–Crippen LogP) is 4.47. The molecule has 3 rings (SSSR count). The van der Waals surface area contributed by atoms with Crippen molar-refractivity contribution in [2.45, 2.75) is 27.3 Å². The number of para-hydroxylation sites is 2. The van der Waals surface area contributed by atoms with Gasteiger partial charge in [-0.15, -0.1) is 0 Å². The summed E-state index contributed by atoms with van der Waals surface area (Å²) in [4.78, 5) is 23.4. The highest BCUT2D eigenvalue weighted by molar-refractivity contribution is 6.04. The normalized spacial score (nSPS) is 10.5. The van der Waals surface area contributed by atoms with E-state index >= 15 is 0 Å². The van der Waals surface area contributed by atoms with Gasteiger partial charge in [-0.3, -0.25) is 14.9 Å². The topological polar surface area (TPSA) is 99.3 Å². The molecule has 0 saturated heterocycles. The number of amides is 1. The summed E-state index contributed by atoms with van der Waals surface area (Å²) in [5.41, 5.74) is 2.24. The number of nitro benzene ring substituents is 1. The molecule has 1 N–H and O–H groups in total. The van der Waals surface area contributed by atoms with Crippen LogP contribution in [0.5, 0.6) is 11.6 Å². The van der Waals surface area contributed by atoms with E-state index in [1.165, 1.54) is 16.8 Å². The maximum absolute atomic E-state index is 12.7. The lowest BCUT2D eigenvalue weighted by Gasteiger charge is -2.08. The van der Waals surface area contributed by atoms with E-state index < -0.39 is 4.92 Å². The summed E-state index contributed by atoms with van der Waals surface area (Å²) >= 11 is 0. The zero-order valence-electron chi connectivity index (χ0n) is 15.8. The molecule has 0 atom stereocenters. The van der Waals surface area contributed by atoms with Crippen molar-refractivity contribution in [3.8, 4) is 11.6 Å². The molecule has 3 aromatic rings. The Kier molecular flexibility index (Phi) is 5.39. The molecule has 0 fully saturated rings. The van der Waals surface area contributed by atoms with Gasteiger partial charge in [0.05, 0.1) is 4.92 Å². The van der Waals surface area contributed by atoms with Crippen LogP contribution in [-0.2, 0) is 6.54 Å². The Hall–Kier alpha value is -3.68. The summed E-state index contributed by atoms with van der Waals surface area (Å²) in [5.74, 6) is 0.0183. The first-order valence-electron chi connectivity index (χ1n) is 8.77. The lowest BCUT2D eigenvalue weighted by atomic mass is 10.2. The van der Waals surface area contributed by atoms with Gasteiger partial charge in [0.1, 0.15) is 0 Å². The van der Waals surface area contributed by atoms with Crippen LogP contribution in [-0.4, -0.2) is 20.6 Å². The average Bonchev–Trinajstić information content (AvgIpc) is 2.98. The zero-order chi connectivity index (χ0) is 20.3. The minimum Gasteiger partial charge on any atom is -0.432 e. The number of aromatic nitrogens is 2. The number of anilines is 1. The van der Waals surface area contributed by atoms with Gasteiger partial charge in [0.15, 0.2) is 5.69 Å². The number of ether oxygens (including phenoxy) is 1. The first-order chi connectivity index (χ1) is 13.4. The highest BCUT2D eigenvalue weighted by Crippen LogP contribution is 2.33. The number of nitrogens with one attached hydrogen (secondary N) is 1. The Balaban J connectivity index is 1.93. The zero-order valence-corrected chi connectivity index (χ0v) is 15.8. The van der Waals surface area contributed by atoms with Crippen molar-refractivity contribution in [2.24, 2.45) is 0 Å². The van der Waals surface area contributed by atoms with Crippen LogP contribution in [0.2, 0.25) is 0 Å². The second kappa shape index (κ2) is 7.91. The number of carbonyl (C=O) groups excluding carboxylic acids is 1. The van der Waals surface area contributed by atoms with Gasteiger partial charge in [0.25, 0.3) is 5.91 Å². The molecule has 0 unspecified atom stereocenters. The molecule has 0 bridgehead atoms. The van der Waals surface area contributed by atoms with Crippen molar-refractivity contribution >= 4 is 17.3 Å². The van der Waals surface area contributed by atoms with Gasteiger partial charge in [-0.25, -0.2) is 4.68 Å². The first kappa shape index (κ1) is 19.1. The van der Waals surface area contributed by atoms with Crippen molar-refractivity contribution in [3.63, 3.8) is 0 Å². The molecular weight excluding hydrogens is 360 g/mol. The molecule has 8 nitrogen and oxygen atoms in total. The van der Waals surface area contributed by atoms with Crippen LogP contribution in [0.3, 0.4) is 0 Å². The second-order valence-corrected chi connectivity index (χ2v) is 6.25. The van der Waals surface area contributed by atoms with Crippen molar-refractivity contribution < 1.29 is 14.5 Å². The third-order valence-electron chi connectivity index (χ3n) is 4.19. The SMILES string of the molecule is CCn1nc(C(=O)Nc2cccc(C)c2)c(C)c1Oc1ccccc1[N+](=O)[O-]. The first-order valence-corrected chi connectivity index (χ1v) is 8.77. The predicted molar refractivity (Wildman–Crippen MR) is 105 cm³/mol. The number of hydrogen-bond donors (Lipinski definition) is 1. The smallest absolute Gasteiger partial charge is 0.311 e. The molecule has 0 spiro atoms. The largest absolute Gasteiger partial charge is 0.432 e. The van der Waals surface area contributed by atoms with E-state index in [4.69, 9.17) is 4.74 Å². The summed E-state index contributed by atoms with van der Waals surface area (Å²) in [7, 11) is 0. The maximum Gasteiger partial charge on any atom is 0.311 e. The molecule has 1 amide bonds. The van der Waals surface area contributed by atoms with Gasteiger partial charge in [0, 0.05) is 23.9 Å². The number of nitro groups is 1. The molecule has 1 aromatic heterocycles. The minimum atomic E-state index is -0.511. The molecule has 0 aliphatic heterocycles. The number of benzene rings is 2. The Labute approximate surface area is 161 Å². The minimum absolute atomic E-state index is 0.0934. The third-order valence-corrected chi connectivity index (χ3v) is 4.19. The van der Waals surface area contributed by atoms with Crippen LogP contribution in [0.4, 0.5) is 11.4 Å². The fourth-order valence-electron chi connectivity index (χ4n) is 2.81. The Bertz CT molecular complexity index is 1040. The second-order valence-electron chi connectivity index (χ2n) is 6.25. The van der Waals surface area contributed by atoms with Crippen LogP contribution in [0.1, 0.15) is 28.5 Å². The molecule has 0 radical (unpaired) electrons. The molecule has 0 saturated carbocycles. The van der Waals surface area contributed by atoms with Crippen molar-refractivity contribution in [3.05, 3.63) is 75.5 Å². The average molecular weight is 380 g/mol. The molecule has 0 aliphatic rings. The van der Waals surface area contributed by atoms with Gasteiger partial charge in [-0.2, -0.15) is 5.10 Å². The monoisotopic (exact) mass is 380 g/mol. The fraction of sp³-hybridized carbons (Fsp3) is 0.200. The standard InChI is InChI=1S/C20H20N4O4/c1-4-23-20(28-17-11-6-5-10-16(17)24(26)27)14(3)18(22-23)19(25)21-15-9-7-8-13(2)12-15/h5-12H,4H2,1-3H3,(H,21,25). The number of rotatable bonds is 6. The summed E-state index contributed by atoms with van der Waals surface area (Å²) < 4.78 is 7.31. The Morgan fingerprint density at radius 1 is 1.21 bits per heavy atom. The number of hydrogen-bond acceptors (Lipinski definition) is 5. The quantitative estimate of drug-likeness (QED) is 0.502. The highest BCUT2D eigenvalue weighted by atomic mass is 16.6. The van der Waals surface area contributed by atoms with Crippen LogP contribution >= 0.6 is 0 Å². The van der Waals surface area contributed by atoms with Crippen molar-refractivity contribution in [2.75, 3.05) is 5.32 Å². The van der Waals surface area contributed by atoms with Crippen molar-refractivity contribution in [1.82, 2.24) is 9.78 Å². The van der Waals surface area contributed by atoms with E-state index in [1.807, 2.05) is 32.0 Å². The summed E-state index contributed by atoms with van der Waals surface area (Å²) in [6.45, 7) is 5.93. The number of carbonyl (C=O) groups is 1. The summed E-state index contributed by atoms with van der Waals surface area (Å²) in [5, 5.41) is 18.4. The summed E-state index contributed by atoms with van der Waals surface area (Å²) in [6, 6.07) is 13.5. The van der Waals surface area contributed by atoms with E-state index in [9.17, 15) is 14.9 Å². The molecular formula is C20H20N4O4. The van der Waals surface area contributed by atoms with Crippen LogP contribution in [0.25, 0.3) is 0 Å². The Morgan fingerprint density at radius 3 is 2.64 bits per heavy atom. The van der Waals surface area contributed by atoms with E-state index in [-0.39, 0.29) is 23.0 Å². The molecule has 28 heavy (non-hydrogen) atoms. The van der Waals surface area contributed by atoms with E-state index in [1.54, 1.807) is 25.1 Å². The number of aryl methyl sites for hydroxylation is 2. The maximum atomic E-state index is 12.7. The van der Waals surface area contributed by atoms with Crippen LogP contribution in [0, 0.1) is 24.0 Å². The van der Waals surface area contributed by atoms with Gasteiger partial charge in [-0.1, -0.05) is 24.3 Å². The lowest BCUT2D eigenvalue weighted by Crippen LogP contribution is -2.14. The van der Waals surface area contributed by atoms with Gasteiger partial charge >= 0.3 is 5.69 Å². The molecule has 144 valence electrons. The van der Waals surface area contributed by atoms with Crippen LogP contribution < -0.4 is 10.1 Å². The van der Waals surface area contributed by atoms with Crippen LogP contribution in [0.15, 0.2) is 48.5 Å². The molecule has 0 aliphatic carbocycles. The highest BCUT2D eigenvalue weighted by Gasteiger charge is 2.24. The van der Waals surface area contributed by atoms with E-state index in [0.29, 0.717) is 23.7 Å². The van der Waals surface area contributed by atoms with E-state index in [2.05, 4.69) is 10.4 Å².